The van der Waals surface area contributed by atoms with Crippen molar-refractivity contribution in [1.29, 1.82) is 0 Å². The summed E-state index contributed by atoms with van der Waals surface area (Å²) in [5, 5.41) is 0. The SMILES string of the molecule is [F][Mo]([F])([F])([F])[F].[F][Mo]([F])([F])([F])[F]. The standard InChI is InChI=1S/10FH.2Mo/h10*1H;;/q;;;;;;;;;;2*+5/p-10. The monoisotopic (exact) mass is 386 g/mol. The third-order valence-corrected chi connectivity index (χ3v) is 0. The molecule has 0 aliphatic rings. The number of rotatable bonds is 0. The molecular weight excluding hydrogens is 382 g/mol. The molecule has 0 aromatic rings. The van der Waals surface area contributed by atoms with E-state index in [0.29, 0.717) is 0 Å². The summed E-state index contributed by atoms with van der Waals surface area (Å²) in [6.07, 6.45) is 0. The molecule has 0 saturated heterocycles. The van der Waals surface area contributed by atoms with Crippen molar-refractivity contribution in [2.75, 3.05) is 0 Å². The van der Waals surface area contributed by atoms with Gasteiger partial charge in [-0.2, -0.15) is 0 Å². The van der Waals surface area contributed by atoms with E-state index in [1.165, 1.54) is 0 Å². The average Bonchev–Trinajstić information content (AvgIpc) is 1.02. The Kier molecular flexibility index (Phi) is 3.93. The van der Waals surface area contributed by atoms with Crippen LogP contribution in [0.2, 0.25) is 0 Å². The van der Waals surface area contributed by atoms with E-state index in [1.807, 2.05) is 0 Å². The Bertz CT molecular complexity index is 94.2. The molecule has 0 nitrogen and oxygen atoms in total. The van der Waals surface area contributed by atoms with E-state index in [2.05, 4.69) is 0 Å². The molecule has 12 heavy (non-hydrogen) atoms. The van der Waals surface area contributed by atoms with E-state index < -0.39 is 34.9 Å². The van der Waals surface area contributed by atoms with E-state index in [0.717, 1.165) is 0 Å². The molecule has 0 aromatic heterocycles. The fraction of sp³-hybridized carbons (Fsp3) is 0. The van der Waals surface area contributed by atoms with Gasteiger partial charge in [-0.1, -0.05) is 0 Å². The Hall–Kier alpha value is 0.677. The minimum atomic E-state index is -9.12. The first-order valence-electron chi connectivity index (χ1n) is 1.54. The van der Waals surface area contributed by atoms with Gasteiger partial charge in [0.25, 0.3) is 0 Å². The average molecular weight is 382 g/mol. The fourth-order valence-electron chi connectivity index (χ4n) is 0. The molecule has 0 aliphatic carbocycles. The zero-order valence-electron chi connectivity index (χ0n) is 4.60. The van der Waals surface area contributed by atoms with Crippen molar-refractivity contribution in [2.24, 2.45) is 0 Å². The molecule has 82 valence electrons. The summed E-state index contributed by atoms with van der Waals surface area (Å²) in [5.41, 5.74) is 0. The van der Waals surface area contributed by atoms with Crippen molar-refractivity contribution in [2.45, 2.75) is 0 Å². The van der Waals surface area contributed by atoms with Gasteiger partial charge in [0.1, 0.15) is 0 Å². The van der Waals surface area contributed by atoms with Crippen LogP contribution in [-0.2, 0) is 34.9 Å². The molecule has 0 heterocycles. The number of hydrogen-bond acceptors (Lipinski definition) is 0. The maximum atomic E-state index is 9.90. The Labute approximate surface area is 66.7 Å². The third kappa shape index (κ3) is 2180. The topological polar surface area (TPSA) is 0 Å². The summed E-state index contributed by atoms with van der Waals surface area (Å²) >= 11 is -18.2. The van der Waals surface area contributed by atoms with Crippen LogP contribution in [0.4, 0.5) is 31.6 Å². The predicted octanol–water partition coefficient (Wildman–Crippen LogP) is 4.20. The zero-order chi connectivity index (χ0) is 10.9. The zero-order valence-corrected chi connectivity index (χ0v) is 8.61. The fourth-order valence-corrected chi connectivity index (χ4v) is 0. The van der Waals surface area contributed by atoms with Gasteiger partial charge >= 0.3 is 66.4 Å². The first kappa shape index (κ1) is 15.2. The van der Waals surface area contributed by atoms with Gasteiger partial charge in [0.2, 0.25) is 0 Å². The van der Waals surface area contributed by atoms with E-state index in [-0.39, 0.29) is 0 Å². The van der Waals surface area contributed by atoms with Gasteiger partial charge in [0.15, 0.2) is 0 Å². The van der Waals surface area contributed by atoms with Gasteiger partial charge in [0.05, 0.1) is 0 Å². The van der Waals surface area contributed by atoms with Crippen LogP contribution in [0.25, 0.3) is 0 Å². The van der Waals surface area contributed by atoms with Crippen molar-refractivity contribution >= 4 is 0 Å². The Balaban J connectivity index is 0. The molecule has 0 rings (SSSR count). The second kappa shape index (κ2) is 3.11. The van der Waals surface area contributed by atoms with Crippen LogP contribution in [0, 0.1) is 0 Å². The summed E-state index contributed by atoms with van der Waals surface area (Å²) in [4.78, 5) is 0. The first-order chi connectivity index (χ1) is 4.47. The molecule has 0 N–H and O–H groups in total. The van der Waals surface area contributed by atoms with E-state index >= 15 is 0 Å². The molecule has 0 saturated carbocycles. The normalized spacial score (nSPS) is 19.2. The van der Waals surface area contributed by atoms with Crippen LogP contribution >= 0.6 is 0 Å². The molecule has 0 radical (unpaired) electrons. The van der Waals surface area contributed by atoms with Crippen molar-refractivity contribution in [3.05, 3.63) is 0 Å². The molecule has 0 aromatic carbocycles. The Morgan fingerprint density at radius 2 is 0.333 bits per heavy atom. The van der Waals surface area contributed by atoms with Crippen molar-refractivity contribution < 1.29 is 66.4 Å². The van der Waals surface area contributed by atoms with Crippen LogP contribution in [-0.4, -0.2) is 0 Å². The molecule has 0 amide bonds. The summed E-state index contributed by atoms with van der Waals surface area (Å²) in [6, 6.07) is 0. The maximum absolute atomic E-state index is 9.90. The van der Waals surface area contributed by atoms with Gasteiger partial charge in [-0.3, -0.25) is 0 Å². The van der Waals surface area contributed by atoms with E-state index in [9.17, 15) is 31.6 Å². The number of halogens is 10. The van der Waals surface area contributed by atoms with Crippen molar-refractivity contribution in [1.82, 2.24) is 0 Å². The number of hydrogen-bond donors (Lipinski definition) is 0. The molecule has 0 unspecified atom stereocenters. The van der Waals surface area contributed by atoms with Gasteiger partial charge in [-0.05, 0) is 0 Å². The minimum absolute atomic E-state index is 9.12. The second-order valence-electron chi connectivity index (χ2n) is 1.17. The van der Waals surface area contributed by atoms with Crippen LogP contribution in [0.5, 0.6) is 0 Å². The first-order valence-corrected chi connectivity index (χ1v) is 9.13. The van der Waals surface area contributed by atoms with Gasteiger partial charge < -0.3 is 0 Å². The summed E-state index contributed by atoms with van der Waals surface area (Å²) in [6.45, 7) is 0. The van der Waals surface area contributed by atoms with E-state index in [1.54, 1.807) is 0 Å². The van der Waals surface area contributed by atoms with Gasteiger partial charge in [-0.15, -0.1) is 0 Å². The molecule has 0 bridgehead atoms. The molecule has 0 atom stereocenters. The van der Waals surface area contributed by atoms with Crippen LogP contribution < -0.4 is 0 Å². The quantitative estimate of drug-likeness (QED) is 0.436. The molecule has 0 aliphatic heterocycles. The van der Waals surface area contributed by atoms with Gasteiger partial charge in [-0.25, -0.2) is 0 Å². The Morgan fingerprint density at radius 3 is 0.333 bits per heavy atom. The molecule has 0 spiro atoms. The molecule has 0 fully saturated rings. The van der Waals surface area contributed by atoms with Gasteiger partial charge in [0, 0.05) is 0 Å². The summed E-state index contributed by atoms with van der Waals surface area (Å²) in [5.74, 6) is 0. The van der Waals surface area contributed by atoms with Crippen molar-refractivity contribution in [3.63, 3.8) is 0 Å². The summed E-state index contributed by atoms with van der Waals surface area (Å²) < 4.78 is 99.0. The third-order valence-electron chi connectivity index (χ3n) is 0. The van der Waals surface area contributed by atoms with Crippen LogP contribution in [0.15, 0.2) is 0 Å². The van der Waals surface area contributed by atoms with Crippen LogP contribution in [0.1, 0.15) is 0 Å². The predicted molar refractivity (Wildman–Crippen MR) is 11.1 cm³/mol. The molecule has 12 heteroatoms. The second-order valence-corrected chi connectivity index (χ2v) is 6.90. The van der Waals surface area contributed by atoms with Crippen molar-refractivity contribution in [3.8, 4) is 0 Å². The van der Waals surface area contributed by atoms with Crippen LogP contribution in [0.3, 0.4) is 0 Å². The summed E-state index contributed by atoms with van der Waals surface area (Å²) in [7, 11) is 0. The Morgan fingerprint density at radius 1 is 0.333 bits per heavy atom. The molecular formula is F10Mo2. The van der Waals surface area contributed by atoms with E-state index in [4.69, 9.17) is 0 Å².